The first kappa shape index (κ1) is 54.1. The van der Waals surface area contributed by atoms with Crippen molar-refractivity contribution in [2.24, 2.45) is 4.99 Å². The maximum atomic E-state index is 5.66. The predicted molar refractivity (Wildman–Crippen MR) is 308 cm³/mol. The largest absolute Gasteiger partial charge is 0.354 e. The van der Waals surface area contributed by atoms with Crippen LogP contribution >= 0.6 is 0 Å². The fourth-order valence-corrected chi connectivity index (χ4v) is 10.4. The Kier molecular flexibility index (Phi) is 17.9. The summed E-state index contributed by atoms with van der Waals surface area (Å²) in [5, 5.41) is 0. The Balaban J connectivity index is 0.00000222. The van der Waals surface area contributed by atoms with Gasteiger partial charge in [0.15, 0.2) is 0 Å². The summed E-state index contributed by atoms with van der Waals surface area (Å²) in [6, 6.07) is 22.5. The number of aromatic amines is 1. The molecule has 0 bridgehead atoms. The molecule has 2 heteroatoms. The van der Waals surface area contributed by atoms with Crippen LogP contribution in [0, 0.1) is 134 Å². The molecule has 1 aliphatic rings. The highest BCUT2D eigenvalue weighted by molar-refractivity contribution is 6.18. The summed E-state index contributed by atoms with van der Waals surface area (Å²) in [4.78, 5) is 9.66. The average Bonchev–Trinajstić information content (AvgIpc) is 3.75. The van der Waals surface area contributed by atoms with Crippen molar-refractivity contribution in [1.29, 1.82) is 0 Å². The Morgan fingerprint density at radius 2 is 0.743 bits per heavy atom. The summed E-state index contributed by atoms with van der Waals surface area (Å²) in [5.41, 5.74) is 33.0. The monoisotopic (exact) mass is 923 g/mol. The van der Waals surface area contributed by atoms with E-state index in [2.05, 4.69) is 231 Å². The molecule has 2 heterocycles. The van der Waals surface area contributed by atoms with Crippen molar-refractivity contribution in [3.63, 3.8) is 0 Å². The van der Waals surface area contributed by atoms with Crippen LogP contribution in [0.3, 0.4) is 0 Å². The molecule has 6 aromatic rings. The van der Waals surface area contributed by atoms with Crippen LogP contribution in [0.15, 0.2) is 88.6 Å². The Morgan fingerprint density at radius 3 is 1.16 bits per heavy atom. The number of H-pyrrole nitrogens is 1. The summed E-state index contributed by atoms with van der Waals surface area (Å²) < 4.78 is 0. The number of hydrogen-bond donors (Lipinski definition) is 1. The van der Waals surface area contributed by atoms with Crippen LogP contribution in [0.4, 0.5) is 0 Å². The van der Waals surface area contributed by atoms with E-state index < -0.39 is 0 Å². The first-order chi connectivity index (χ1) is 33.2. The van der Waals surface area contributed by atoms with Crippen molar-refractivity contribution in [3.8, 4) is 23.7 Å². The lowest BCUT2D eigenvalue weighted by atomic mass is 9.87. The molecule has 1 aliphatic heterocycles. The molecule has 0 spiro atoms. The summed E-state index contributed by atoms with van der Waals surface area (Å²) >= 11 is 0. The van der Waals surface area contributed by atoms with Gasteiger partial charge in [0.25, 0.3) is 0 Å². The van der Waals surface area contributed by atoms with Gasteiger partial charge in [-0.15, -0.1) is 0 Å². The Hall–Kier alpha value is -6.87. The van der Waals surface area contributed by atoms with Crippen LogP contribution in [0.25, 0.3) is 23.8 Å². The van der Waals surface area contributed by atoms with E-state index in [1.165, 1.54) is 100 Å². The zero-order valence-corrected chi connectivity index (χ0v) is 46.5. The first-order valence-electron chi connectivity index (χ1n) is 25.3. The van der Waals surface area contributed by atoms with E-state index in [-0.39, 0.29) is 0 Å². The fourth-order valence-electron chi connectivity index (χ4n) is 10.4. The highest BCUT2D eigenvalue weighted by Gasteiger charge is 2.28. The van der Waals surface area contributed by atoms with Crippen molar-refractivity contribution in [3.05, 3.63) is 217 Å². The minimum Gasteiger partial charge on any atom is -0.354 e. The van der Waals surface area contributed by atoms with Crippen LogP contribution in [0.5, 0.6) is 0 Å². The highest BCUT2D eigenvalue weighted by atomic mass is 14.8. The van der Waals surface area contributed by atoms with E-state index in [4.69, 9.17) is 4.99 Å². The molecule has 0 aliphatic carbocycles. The summed E-state index contributed by atoms with van der Waals surface area (Å²) in [6.07, 6.45) is 8.88. The van der Waals surface area contributed by atoms with Gasteiger partial charge < -0.3 is 4.98 Å². The van der Waals surface area contributed by atoms with Crippen molar-refractivity contribution < 1.29 is 0 Å². The second-order valence-corrected chi connectivity index (χ2v) is 19.2. The molecule has 0 saturated carbocycles. The number of rotatable bonds is 6. The third-order valence-corrected chi connectivity index (χ3v) is 13.2. The fraction of sp³-hybridized carbons (Fsp3) is 0.309. The van der Waals surface area contributed by atoms with E-state index in [1.807, 2.05) is 27.7 Å². The molecular weight excluding hydrogens is 845 g/mol. The van der Waals surface area contributed by atoms with Gasteiger partial charge in [-0.3, -0.25) is 0 Å². The SMILES string of the molecule is CC.CC.CC1=C(C#Cc2c(C)cc(C)cc2C)C(/C=C/c2c(C)cc(C)cc2C)=NC/1=C(\c1[nH]c(/C=C/c2c(C)cc(C)cc2C)c(C#Cc2c(C)cc(C)cc2C)c1C)c1c(C)cc(C)cc1C. The number of aryl methyl sites for hydroxylation is 15. The maximum Gasteiger partial charge on any atom is 0.0797 e. The second-order valence-electron chi connectivity index (χ2n) is 19.2. The van der Waals surface area contributed by atoms with Gasteiger partial charge in [-0.25, -0.2) is 4.99 Å². The smallest absolute Gasteiger partial charge is 0.0797 e. The number of hydrogen-bond acceptors (Lipinski definition) is 1. The standard InChI is InChI=1S/C64H66N2.2C2H6/c1-36-26-41(6)53(42(7)27-36)18-20-57-51(16)63(65-59(57)24-22-55-45(10)30-38(3)31-46(55)11)62(61-49(14)34-40(5)35-50(61)15)64-52(17)58(21-19-54-43(8)28-37(2)29-44(54)9)60(66-64)25-23-56-47(12)32-39(4)33-48(56)13;2*1-2/h22-35,65H,1-17H3;2*1-2H3/b24-22+,25-23+,64-62-;;. The minimum absolute atomic E-state index is 0.858. The average molecular weight is 923 g/mol. The topological polar surface area (TPSA) is 28.1 Å². The molecule has 5 aromatic carbocycles. The van der Waals surface area contributed by atoms with E-state index in [0.717, 1.165) is 61.8 Å². The number of aromatic nitrogens is 1. The van der Waals surface area contributed by atoms with Gasteiger partial charge >= 0.3 is 0 Å². The zero-order chi connectivity index (χ0) is 51.9. The molecule has 0 fully saturated rings. The van der Waals surface area contributed by atoms with Gasteiger partial charge in [0, 0.05) is 16.7 Å². The molecule has 0 atom stereocenters. The maximum absolute atomic E-state index is 5.66. The molecule has 360 valence electrons. The van der Waals surface area contributed by atoms with E-state index in [9.17, 15) is 0 Å². The van der Waals surface area contributed by atoms with E-state index in [0.29, 0.717) is 0 Å². The first-order valence-corrected chi connectivity index (χ1v) is 25.3. The van der Waals surface area contributed by atoms with Gasteiger partial charge in [-0.1, -0.05) is 152 Å². The van der Waals surface area contributed by atoms with Gasteiger partial charge in [0.2, 0.25) is 0 Å². The third-order valence-electron chi connectivity index (χ3n) is 13.2. The van der Waals surface area contributed by atoms with Gasteiger partial charge in [-0.2, -0.15) is 0 Å². The van der Waals surface area contributed by atoms with Gasteiger partial charge in [0.1, 0.15) is 0 Å². The molecule has 1 aromatic heterocycles. The summed E-state index contributed by atoms with van der Waals surface area (Å²) in [7, 11) is 0. The Bertz CT molecular complexity index is 3180. The lowest BCUT2D eigenvalue weighted by Crippen LogP contribution is -2.02. The number of benzene rings is 5. The van der Waals surface area contributed by atoms with Gasteiger partial charge in [0.05, 0.1) is 33.9 Å². The number of nitrogens with zero attached hydrogens (tertiary/aromatic N) is 1. The molecular formula is C68H78N2. The lowest BCUT2D eigenvalue weighted by molar-refractivity contribution is 1.21. The molecule has 7 rings (SSSR count). The molecule has 0 unspecified atom stereocenters. The number of aliphatic imine (C=N–C) groups is 1. The van der Waals surface area contributed by atoms with E-state index in [1.54, 1.807) is 0 Å². The summed E-state index contributed by atoms with van der Waals surface area (Å²) in [6.45, 7) is 45.1. The molecule has 2 nitrogen and oxygen atoms in total. The van der Waals surface area contributed by atoms with Gasteiger partial charge in [-0.05, 0) is 213 Å². The minimum atomic E-state index is 0.858. The molecule has 0 amide bonds. The molecule has 0 radical (unpaired) electrons. The normalized spacial score (nSPS) is 12.8. The van der Waals surface area contributed by atoms with Crippen molar-refractivity contribution in [1.82, 2.24) is 4.98 Å². The zero-order valence-electron chi connectivity index (χ0n) is 46.5. The van der Waals surface area contributed by atoms with Crippen molar-refractivity contribution in [2.75, 3.05) is 0 Å². The van der Waals surface area contributed by atoms with Crippen LogP contribution in [-0.4, -0.2) is 10.7 Å². The van der Waals surface area contributed by atoms with Crippen molar-refractivity contribution in [2.45, 2.75) is 145 Å². The Labute approximate surface area is 423 Å². The van der Waals surface area contributed by atoms with Crippen LogP contribution < -0.4 is 0 Å². The molecule has 70 heavy (non-hydrogen) atoms. The highest BCUT2D eigenvalue weighted by Crippen LogP contribution is 2.41. The molecule has 1 N–H and O–H groups in total. The molecule has 0 saturated heterocycles. The van der Waals surface area contributed by atoms with Crippen LogP contribution in [0.2, 0.25) is 0 Å². The second kappa shape index (κ2) is 23.2. The number of nitrogens with one attached hydrogen (secondary N) is 1. The quantitative estimate of drug-likeness (QED) is 0.161. The van der Waals surface area contributed by atoms with E-state index >= 15 is 0 Å². The summed E-state index contributed by atoms with van der Waals surface area (Å²) in [5.74, 6) is 14.7. The number of allylic oxidation sites excluding steroid dienone is 3. The van der Waals surface area contributed by atoms with Crippen molar-refractivity contribution >= 4 is 29.5 Å². The third kappa shape index (κ3) is 11.8. The Morgan fingerprint density at radius 1 is 0.400 bits per heavy atom. The predicted octanol–water partition coefficient (Wildman–Crippen LogP) is 17.9. The van der Waals surface area contributed by atoms with Crippen LogP contribution in [-0.2, 0) is 0 Å². The lowest BCUT2D eigenvalue weighted by Gasteiger charge is -2.18. The van der Waals surface area contributed by atoms with Crippen LogP contribution in [0.1, 0.15) is 168 Å².